The number of hydrogen-bond acceptors (Lipinski definition) is 2. The summed E-state index contributed by atoms with van der Waals surface area (Å²) in [6, 6.07) is 8.32. The van der Waals surface area contributed by atoms with Crippen molar-refractivity contribution in [2.75, 3.05) is 13.2 Å². The Labute approximate surface area is 96.6 Å². The van der Waals surface area contributed by atoms with Crippen molar-refractivity contribution >= 4 is 5.78 Å². The summed E-state index contributed by atoms with van der Waals surface area (Å²) in [5.41, 5.74) is 2.54. The first-order chi connectivity index (χ1) is 7.77. The molecule has 1 aliphatic heterocycles. The number of rotatable bonds is 3. The molecule has 86 valence electrons. The van der Waals surface area contributed by atoms with Crippen LogP contribution in [-0.2, 0) is 16.0 Å². The molecule has 0 spiro atoms. The topological polar surface area (TPSA) is 26.3 Å². The first-order valence-corrected chi connectivity index (χ1v) is 5.92. The molecule has 1 saturated heterocycles. The molecular formula is C14H18O2. The van der Waals surface area contributed by atoms with Gasteiger partial charge in [0.1, 0.15) is 5.78 Å². The van der Waals surface area contributed by atoms with Gasteiger partial charge in [-0.15, -0.1) is 0 Å². The summed E-state index contributed by atoms with van der Waals surface area (Å²) in [6.45, 7) is 3.35. The van der Waals surface area contributed by atoms with Crippen LogP contribution in [0.4, 0.5) is 0 Å². The number of carbonyl (C=O) groups is 1. The van der Waals surface area contributed by atoms with E-state index in [2.05, 4.69) is 18.2 Å². The van der Waals surface area contributed by atoms with Crippen LogP contribution >= 0.6 is 0 Å². The van der Waals surface area contributed by atoms with Gasteiger partial charge in [-0.05, 0) is 36.8 Å². The quantitative estimate of drug-likeness (QED) is 0.779. The zero-order valence-electron chi connectivity index (χ0n) is 9.74. The molecule has 1 aromatic carbocycles. The smallest absolute Gasteiger partial charge is 0.134 e. The summed E-state index contributed by atoms with van der Waals surface area (Å²) in [6.07, 6.45) is 2.72. The number of carbonyl (C=O) groups excluding carboxylic acids is 1. The van der Waals surface area contributed by atoms with E-state index in [1.54, 1.807) is 6.92 Å². The maximum Gasteiger partial charge on any atom is 0.134 e. The van der Waals surface area contributed by atoms with Gasteiger partial charge in [0.05, 0.1) is 0 Å². The van der Waals surface area contributed by atoms with E-state index in [-0.39, 0.29) is 5.78 Å². The fourth-order valence-electron chi connectivity index (χ4n) is 2.37. The monoisotopic (exact) mass is 218 g/mol. The van der Waals surface area contributed by atoms with Crippen molar-refractivity contribution in [3.05, 3.63) is 35.4 Å². The van der Waals surface area contributed by atoms with Crippen LogP contribution in [0.2, 0.25) is 0 Å². The molecule has 2 heteroatoms. The van der Waals surface area contributed by atoms with Gasteiger partial charge >= 0.3 is 0 Å². The number of benzene rings is 1. The summed E-state index contributed by atoms with van der Waals surface area (Å²) in [7, 11) is 0. The molecule has 0 aliphatic carbocycles. The van der Waals surface area contributed by atoms with Gasteiger partial charge in [0.25, 0.3) is 0 Å². The van der Waals surface area contributed by atoms with Gasteiger partial charge in [0.15, 0.2) is 0 Å². The third kappa shape index (κ3) is 2.70. The Balaban J connectivity index is 2.20. The van der Waals surface area contributed by atoms with E-state index in [4.69, 9.17) is 4.74 Å². The second-order valence-corrected chi connectivity index (χ2v) is 4.46. The molecule has 0 aromatic heterocycles. The molecule has 2 rings (SSSR count). The zero-order valence-corrected chi connectivity index (χ0v) is 9.74. The van der Waals surface area contributed by atoms with Crippen molar-refractivity contribution in [2.45, 2.75) is 32.1 Å². The maximum atomic E-state index is 11.2. The molecule has 0 atom stereocenters. The highest BCUT2D eigenvalue weighted by molar-refractivity contribution is 5.78. The first-order valence-electron chi connectivity index (χ1n) is 5.92. The van der Waals surface area contributed by atoms with Crippen LogP contribution in [0.1, 0.15) is 36.8 Å². The summed E-state index contributed by atoms with van der Waals surface area (Å²) in [4.78, 5) is 11.2. The number of Topliss-reactive ketones (excluding diaryl/α,β-unsaturated/α-hetero) is 1. The molecular weight excluding hydrogens is 200 g/mol. The number of ether oxygens (including phenoxy) is 1. The third-order valence-corrected chi connectivity index (χ3v) is 3.16. The van der Waals surface area contributed by atoms with Gasteiger partial charge in [-0.25, -0.2) is 0 Å². The second-order valence-electron chi connectivity index (χ2n) is 4.46. The van der Waals surface area contributed by atoms with E-state index in [0.717, 1.165) is 26.1 Å². The highest BCUT2D eigenvalue weighted by Crippen LogP contribution is 2.29. The van der Waals surface area contributed by atoms with Gasteiger partial charge < -0.3 is 4.74 Å². The van der Waals surface area contributed by atoms with Crippen LogP contribution in [0, 0.1) is 0 Å². The van der Waals surface area contributed by atoms with Crippen LogP contribution in [0.15, 0.2) is 24.3 Å². The summed E-state index contributed by atoms with van der Waals surface area (Å²) < 4.78 is 5.38. The average molecular weight is 218 g/mol. The van der Waals surface area contributed by atoms with Gasteiger partial charge in [0, 0.05) is 19.6 Å². The minimum atomic E-state index is 0.236. The molecule has 0 radical (unpaired) electrons. The van der Waals surface area contributed by atoms with Crippen molar-refractivity contribution in [2.24, 2.45) is 0 Å². The number of hydrogen-bond donors (Lipinski definition) is 0. The lowest BCUT2D eigenvalue weighted by Crippen LogP contribution is -2.16. The Morgan fingerprint density at radius 1 is 1.31 bits per heavy atom. The van der Waals surface area contributed by atoms with Crippen molar-refractivity contribution in [3.8, 4) is 0 Å². The fourth-order valence-corrected chi connectivity index (χ4v) is 2.37. The first kappa shape index (κ1) is 11.3. The lowest BCUT2D eigenvalue weighted by molar-refractivity contribution is -0.116. The molecule has 1 fully saturated rings. The predicted molar refractivity (Wildman–Crippen MR) is 63.6 cm³/mol. The maximum absolute atomic E-state index is 11.2. The fraction of sp³-hybridized carbons (Fsp3) is 0.500. The van der Waals surface area contributed by atoms with Crippen molar-refractivity contribution in [1.29, 1.82) is 0 Å². The van der Waals surface area contributed by atoms with Crippen molar-refractivity contribution in [1.82, 2.24) is 0 Å². The Morgan fingerprint density at radius 3 is 2.69 bits per heavy atom. The number of ketones is 1. The molecule has 0 N–H and O–H groups in total. The molecule has 1 aliphatic rings. The molecule has 1 aromatic rings. The molecule has 0 saturated carbocycles. The van der Waals surface area contributed by atoms with Crippen LogP contribution < -0.4 is 0 Å². The largest absolute Gasteiger partial charge is 0.381 e. The normalized spacial score (nSPS) is 17.3. The van der Waals surface area contributed by atoms with E-state index < -0.39 is 0 Å². The van der Waals surface area contributed by atoms with Gasteiger partial charge in [-0.3, -0.25) is 4.79 Å². The lowest BCUT2D eigenvalue weighted by Gasteiger charge is -2.24. The van der Waals surface area contributed by atoms with Gasteiger partial charge in [0.2, 0.25) is 0 Å². The van der Waals surface area contributed by atoms with Crippen LogP contribution in [0.25, 0.3) is 0 Å². The van der Waals surface area contributed by atoms with Crippen molar-refractivity contribution < 1.29 is 9.53 Å². The Morgan fingerprint density at radius 2 is 2.00 bits per heavy atom. The van der Waals surface area contributed by atoms with Crippen LogP contribution in [0.5, 0.6) is 0 Å². The third-order valence-electron chi connectivity index (χ3n) is 3.16. The van der Waals surface area contributed by atoms with Crippen molar-refractivity contribution in [3.63, 3.8) is 0 Å². The Hall–Kier alpha value is -1.15. The van der Waals surface area contributed by atoms with E-state index in [1.165, 1.54) is 11.1 Å². The second kappa shape index (κ2) is 5.26. The molecule has 0 amide bonds. The van der Waals surface area contributed by atoms with Gasteiger partial charge in [-0.1, -0.05) is 24.3 Å². The predicted octanol–water partition coefficient (Wildman–Crippen LogP) is 2.71. The van der Waals surface area contributed by atoms with E-state index >= 15 is 0 Å². The molecule has 1 heterocycles. The molecule has 0 bridgehead atoms. The molecule has 0 unspecified atom stereocenters. The lowest BCUT2D eigenvalue weighted by atomic mass is 9.87. The van der Waals surface area contributed by atoms with E-state index in [9.17, 15) is 4.79 Å². The molecule has 2 nitrogen and oxygen atoms in total. The van der Waals surface area contributed by atoms with Crippen LogP contribution in [0.3, 0.4) is 0 Å². The SMILES string of the molecule is CC(=O)Cc1ccccc1C1CCOCC1. The zero-order chi connectivity index (χ0) is 11.4. The highest BCUT2D eigenvalue weighted by Gasteiger charge is 2.18. The Bertz CT molecular complexity index is 365. The van der Waals surface area contributed by atoms with E-state index in [0.29, 0.717) is 12.3 Å². The van der Waals surface area contributed by atoms with E-state index in [1.807, 2.05) is 6.07 Å². The summed E-state index contributed by atoms with van der Waals surface area (Å²) in [5, 5.41) is 0. The summed E-state index contributed by atoms with van der Waals surface area (Å²) in [5.74, 6) is 0.809. The minimum Gasteiger partial charge on any atom is -0.381 e. The Kier molecular flexibility index (Phi) is 3.73. The summed E-state index contributed by atoms with van der Waals surface area (Å²) >= 11 is 0. The van der Waals surface area contributed by atoms with Gasteiger partial charge in [-0.2, -0.15) is 0 Å². The minimum absolute atomic E-state index is 0.236. The van der Waals surface area contributed by atoms with Crippen LogP contribution in [-0.4, -0.2) is 19.0 Å². The standard InChI is InChI=1S/C14H18O2/c1-11(15)10-13-4-2-3-5-14(13)12-6-8-16-9-7-12/h2-5,12H,6-10H2,1H3. The average Bonchev–Trinajstić information content (AvgIpc) is 2.30. The molecule has 16 heavy (non-hydrogen) atoms. The highest BCUT2D eigenvalue weighted by atomic mass is 16.5.